The molecule has 1 heterocycles. The van der Waals surface area contributed by atoms with Crippen LogP contribution in [0.1, 0.15) is 18.3 Å². The van der Waals surface area contributed by atoms with Crippen LogP contribution in [-0.4, -0.2) is 21.6 Å². The van der Waals surface area contributed by atoms with E-state index < -0.39 is 0 Å². The minimum Gasteiger partial charge on any atom is -0.493 e. The van der Waals surface area contributed by atoms with Gasteiger partial charge in [-0.05, 0) is 19.1 Å². The highest BCUT2D eigenvalue weighted by molar-refractivity contribution is 5.26. The van der Waals surface area contributed by atoms with Crippen molar-refractivity contribution >= 4 is 0 Å². The van der Waals surface area contributed by atoms with E-state index in [2.05, 4.69) is 23.0 Å². The van der Waals surface area contributed by atoms with Crippen LogP contribution < -0.4 is 4.74 Å². The Labute approximate surface area is 118 Å². The Hall–Kier alpha value is -2.61. The average Bonchev–Trinajstić information content (AvgIpc) is 2.82. The predicted molar refractivity (Wildman–Crippen MR) is 75.2 cm³/mol. The fourth-order valence-electron chi connectivity index (χ4n) is 1.83. The molecule has 2 aromatic rings. The molecule has 5 nitrogen and oxygen atoms in total. The van der Waals surface area contributed by atoms with E-state index >= 15 is 0 Å². The summed E-state index contributed by atoms with van der Waals surface area (Å²) in [5.41, 5.74) is 2.10. The lowest BCUT2D eigenvalue weighted by Gasteiger charge is -2.08. The van der Waals surface area contributed by atoms with Crippen molar-refractivity contribution in [2.75, 3.05) is 6.61 Å². The van der Waals surface area contributed by atoms with E-state index in [9.17, 15) is 0 Å². The molecule has 0 saturated carbocycles. The third-order valence-electron chi connectivity index (χ3n) is 2.71. The highest BCUT2D eigenvalue weighted by atomic mass is 16.5. The summed E-state index contributed by atoms with van der Waals surface area (Å²) >= 11 is 0. The van der Waals surface area contributed by atoms with Crippen LogP contribution in [0.3, 0.4) is 0 Å². The number of para-hydroxylation sites is 1. The largest absolute Gasteiger partial charge is 0.493 e. The van der Waals surface area contributed by atoms with Crippen LogP contribution in [-0.2, 0) is 13.0 Å². The minimum atomic E-state index is 0.350. The molecule has 2 rings (SSSR count). The van der Waals surface area contributed by atoms with E-state index in [1.165, 1.54) is 0 Å². The van der Waals surface area contributed by atoms with Gasteiger partial charge in [-0.2, -0.15) is 5.26 Å². The Morgan fingerprint density at radius 3 is 2.80 bits per heavy atom. The summed E-state index contributed by atoms with van der Waals surface area (Å²) in [5.74, 6) is 0.810. The zero-order valence-electron chi connectivity index (χ0n) is 11.4. The van der Waals surface area contributed by atoms with Crippen molar-refractivity contribution in [2.24, 2.45) is 0 Å². The van der Waals surface area contributed by atoms with Gasteiger partial charge in [0.05, 0.1) is 18.8 Å². The first-order valence-corrected chi connectivity index (χ1v) is 6.35. The van der Waals surface area contributed by atoms with Gasteiger partial charge in [0.25, 0.3) is 0 Å². The summed E-state index contributed by atoms with van der Waals surface area (Å²) in [5, 5.41) is 16.9. The lowest BCUT2D eigenvalue weighted by Crippen LogP contribution is -2.10. The van der Waals surface area contributed by atoms with Gasteiger partial charge in [0.2, 0.25) is 0 Å². The molecule has 0 unspecified atom stereocenters. The van der Waals surface area contributed by atoms with Crippen LogP contribution in [0.15, 0.2) is 42.5 Å². The van der Waals surface area contributed by atoms with Gasteiger partial charge in [0.15, 0.2) is 5.69 Å². The Kier molecular flexibility index (Phi) is 4.51. The van der Waals surface area contributed by atoms with Crippen molar-refractivity contribution in [3.05, 3.63) is 53.9 Å². The maximum absolute atomic E-state index is 9.05. The summed E-state index contributed by atoms with van der Waals surface area (Å²) in [6.45, 7) is 6.81. The number of hydrogen-bond acceptors (Lipinski definition) is 4. The third-order valence-corrected chi connectivity index (χ3v) is 2.71. The number of nitriles is 1. The molecule has 5 heteroatoms. The topological polar surface area (TPSA) is 63.7 Å². The summed E-state index contributed by atoms with van der Waals surface area (Å²) in [7, 11) is 0. The lowest BCUT2D eigenvalue weighted by molar-refractivity contribution is 0.317. The van der Waals surface area contributed by atoms with Gasteiger partial charge in [-0.25, -0.2) is 4.68 Å². The van der Waals surface area contributed by atoms with Crippen LogP contribution >= 0.6 is 0 Å². The lowest BCUT2D eigenvalue weighted by atomic mass is 10.2. The molecule has 102 valence electrons. The first-order valence-electron chi connectivity index (χ1n) is 6.35. The number of nitrogens with zero attached hydrogens (tertiary/aromatic N) is 4. The number of rotatable bonds is 6. The second-order valence-electron chi connectivity index (χ2n) is 4.52. The molecule has 1 aromatic heterocycles. The Morgan fingerprint density at radius 1 is 1.40 bits per heavy atom. The number of hydrogen-bond donors (Lipinski definition) is 0. The van der Waals surface area contributed by atoms with E-state index in [0.717, 1.165) is 17.0 Å². The van der Waals surface area contributed by atoms with Crippen molar-refractivity contribution in [3.63, 3.8) is 0 Å². The van der Waals surface area contributed by atoms with Crippen LogP contribution in [0, 0.1) is 11.3 Å². The maximum atomic E-state index is 9.05. The van der Waals surface area contributed by atoms with Crippen LogP contribution in [0.4, 0.5) is 0 Å². The maximum Gasteiger partial charge on any atom is 0.186 e. The molecule has 0 saturated heterocycles. The molecule has 1 aromatic carbocycles. The fraction of sp³-hybridized carbons (Fsp3) is 0.267. The third kappa shape index (κ3) is 3.45. The molecule has 0 fully saturated rings. The zero-order valence-corrected chi connectivity index (χ0v) is 11.4. The zero-order chi connectivity index (χ0) is 14.4. The molecule has 0 amide bonds. The van der Waals surface area contributed by atoms with Crippen LogP contribution in [0.5, 0.6) is 5.75 Å². The molecule has 0 aliphatic heterocycles. The number of benzene rings is 1. The summed E-state index contributed by atoms with van der Waals surface area (Å²) in [6.07, 6.45) is 0.581. The van der Waals surface area contributed by atoms with Gasteiger partial charge < -0.3 is 4.74 Å². The summed E-state index contributed by atoms with van der Waals surface area (Å²) in [4.78, 5) is 0. The molecule has 0 radical (unpaired) electrons. The molecule has 0 aliphatic rings. The fourth-order valence-corrected chi connectivity index (χ4v) is 1.83. The molecule has 0 aliphatic carbocycles. The first kappa shape index (κ1) is 13.8. The van der Waals surface area contributed by atoms with Gasteiger partial charge in [0.1, 0.15) is 11.8 Å². The monoisotopic (exact) mass is 268 g/mol. The van der Waals surface area contributed by atoms with Crippen molar-refractivity contribution in [2.45, 2.75) is 19.9 Å². The van der Waals surface area contributed by atoms with E-state index in [0.29, 0.717) is 25.3 Å². The van der Waals surface area contributed by atoms with Crippen molar-refractivity contribution < 1.29 is 4.74 Å². The second kappa shape index (κ2) is 6.53. The summed E-state index contributed by atoms with van der Waals surface area (Å²) in [6, 6.07) is 11.6. The molecular weight excluding hydrogens is 252 g/mol. The Balaban J connectivity index is 2.03. The average molecular weight is 268 g/mol. The molecule has 0 N–H and O–H groups in total. The quantitative estimate of drug-likeness (QED) is 0.754. The van der Waals surface area contributed by atoms with E-state index in [1.807, 2.05) is 37.3 Å². The van der Waals surface area contributed by atoms with Crippen molar-refractivity contribution in [3.8, 4) is 11.8 Å². The van der Waals surface area contributed by atoms with Gasteiger partial charge in [0, 0.05) is 6.42 Å². The summed E-state index contributed by atoms with van der Waals surface area (Å²) < 4.78 is 7.34. The molecule has 20 heavy (non-hydrogen) atoms. The van der Waals surface area contributed by atoms with Gasteiger partial charge in [-0.3, -0.25) is 0 Å². The number of aromatic nitrogens is 3. The van der Waals surface area contributed by atoms with Gasteiger partial charge in [-0.1, -0.05) is 35.6 Å². The normalized spacial score (nSPS) is 10.0. The van der Waals surface area contributed by atoms with Crippen molar-refractivity contribution in [1.29, 1.82) is 5.26 Å². The predicted octanol–water partition coefficient (Wildman–Crippen LogP) is 2.35. The standard InChI is InChI=1S/C15H16N4O/c1-12(2)11-19-15(14(10-16)17-18-19)8-9-20-13-6-4-3-5-7-13/h3-7H,1,8-9,11H2,2H3. The second-order valence-corrected chi connectivity index (χ2v) is 4.52. The smallest absolute Gasteiger partial charge is 0.186 e. The Morgan fingerprint density at radius 2 is 2.15 bits per heavy atom. The highest BCUT2D eigenvalue weighted by Crippen LogP contribution is 2.11. The number of allylic oxidation sites excluding steroid dienone is 1. The van der Waals surface area contributed by atoms with Crippen molar-refractivity contribution in [1.82, 2.24) is 15.0 Å². The van der Waals surface area contributed by atoms with Gasteiger partial charge in [-0.15, -0.1) is 5.10 Å². The van der Waals surface area contributed by atoms with Gasteiger partial charge >= 0.3 is 0 Å². The Bertz CT molecular complexity index is 625. The SMILES string of the molecule is C=C(C)Cn1nnc(C#N)c1CCOc1ccccc1. The van der Waals surface area contributed by atoms with Crippen LogP contribution in [0.2, 0.25) is 0 Å². The minimum absolute atomic E-state index is 0.350. The highest BCUT2D eigenvalue weighted by Gasteiger charge is 2.12. The van der Waals surface area contributed by atoms with E-state index in [-0.39, 0.29) is 0 Å². The molecular formula is C15H16N4O. The van der Waals surface area contributed by atoms with E-state index in [1.54, 1.807) is 4.68 Å². The number of ether oxygens (including phenoxy) is 1. The molecule has 0 spiro atoms. The first-order chi connectivity index (χ1) is 9.70. The molecule has 0 bridgehead atoms. The molecule has 0 atom stereocenters. The van der Waals surface area contributed by atoms with E-state index in [4.69, 9.17) is 10.00 Å². The van der Waals surface area contributed by atoms with Crippen LogP contribution in [0.25, 0.3) is 0 Å².